The van der Waals surface area contributed by atoms with Crippen LogP contribution in [0.25, 0.3) is 0 Å². The van der Waals surface area contributed by atoms with Crippen molar-refractivity contribution in [3.05, 3.63) is 64.2 Å². The summed E-state index contributed by atoms with van der Waals surface area (Å²) in [7, 11) is 2.17. The van der Waals surface area contributed by atoms with E-state index in [0.717, 1.165) is 55.6 Å². The van der Waals surface area contributed by atoms with Gasteiger partial charge in [-0.15, -0.1) is 0 Å². The van der Waals surface area contributed by atoms with Crippen molar-refractivity contribution < 1.29 is 9.59 Å². The number of anilines is 1. The van der Waals surface area contributed by atoms with Gasteiger partial charge in [-0.25, -0.2) is 0 Å². The molecule has 1 fully saturated rings. The van der Waals surface area contributed by atoms with E-state index in [4.69, 9.17) is 0 Å². The van der Waals surface area contributed by atoms with E-state index < -0.39 is 0 Å². The topological polar surface area (TPSA) is 40.6 Å². The normalized spacial score (nSPS) is 23.9. The van der Waals surface area contributed by atoms with Crippen molar-refractivity contribution in [3.8, 4) is 0 Å². The van der Waals surface area contributed by atoms with Crippen molar-refractivity contribution in [2.75, 3.05) is 25.0 Å². The zero-order chi connectivity index (χ0) is 20.1. The molecule has 0 aromatic heterocycles. The standard InChI is InChI=1S/C25H28N2O2/c1-16-7-10-22-20(13-16)21-15-26(2)12-11-23(21)27(22)25(29)18-8-9-19-17(14-18)5-3-4-6-24(19)28/h7-10,13-14,21,23H,3-6,11-12,15H2,1-2H3. The second kappa shape index (κ2) is 7.10. The van der Waals surface area contributed by atoms with Crippen molar-refractivity contribution in [1.29, 1.82) is 0 Å². The number of carbonyl (C=O) groups excluding carboxylic acids is 2. The highest BCUT2D eigenvalue weighted by molar-refractivity contribution is 6.09. The molecule has 0 N–H and O–H groups in total. The van der Waals surface area contributed by atoms with E-state index in [-0.39, 0.29) is 17.7 Å². The number of Topliss-reactive ketones (excluding diaryl/α,β-unsaturated/α-hetero) is 1. The summed E-state index contributed by atoms with van der Waals surface area (Å²) in [6.45, 7) is 4.12. The minimum Gasteiger partial charge on any atom is -0.306 e. The number of rotatable bonds is 1. The largest absolute Gasteiger partial charge is 0.306 e. The minimum atomic E-state index is 0.0756. The molecule has 0 bridgehead atoms. The molecule has 0 saturated carbocycles. The van der Waals surface area contributed by atoms with Crippen LogP contribution in [0.4, 0.5) is 5.69 Å². The van der Waals surface area contributed by atoms with Crippen LogP contribution >= 0.6 is 0 Å². The fourth-order valence-corrected chi connectivity index (χ4v) is 5.43. The van der Waals surface area contributed by atoms with E-state index >= 15 is 0 Å². The van der Waals surface area contributed by atoms with Crippen molar-refractivity contribution in [2.24, 2.45) is 0 Å². The molecule has 2 heterocycles. The first-order valence-electron chi connectivity index (χ1n) is 10.8. The number of aryl methyl sites for hydroxylation is 2. The molecule has 5 rings (SSSR count). The van der Waals surface area contributed by atoms with Gasteiger partial charge in [0.05, 0.1) is 0 Å². The summed E-state index contributed by atoms with van der Waals surface area (Å²) in [4.78, 5) is 30.5. The average molecular weight is 389 g/mol. The van der Waals surface area contributed by atoms with Crippen LogP contribution in [0.15, 0.2) is 36.4 Å². The third kappa shape index (κ3) is 3.10. The number of nitrogens with zero attached hydrogens (tertiary/aromatic N) is 2. The molecule has 4 nitrogen and oxygen atoms in total. The first-order valence-corrected chi connectivity index (χ1v) is 10.8. The molecule has 2 aromatic rings. The first-order chi connectivity index (χ1) is 14.0. The Morgan fingerprint density at radius 2 is 1.90 bits per heavy atom. The summed E-state index contributed by atoms with van der Waals surface area (Å²) in [6.07, 6.45) is 4.45. The lowest BCUT2D eigenvalue weighted by atomic mass is 9.88. The van der Waals surface area contributed by atoms with Crippen LogP contribution in [0.5, 0.6) is 0 Å². The first kappa shape index (κ1) is 18.6. The Morgan fingerprint density at radius 1 is 1.07 bits per heavy atom. The van der Waals surface area contributed by atoms with Crippen LogP contribution in [-0.4, -0.2) is 42.8 Å². The third-order valence-electron chi connectivity index (χ3n) is 6.92. The Hall–Kier alpha value is -2.46. The Balaban J connectivity index is 1.54. The van der Waals surface area contributed by atoms with Gasteiger partial charge >= 0.3 is 0 Å². The number of ketones is 1. The smallest absolute Gasteiger partial charge is 0.258 e. The number of fused-ring (bicyclic) bond motifs is 4. The summed E-state index contributed by atoms with van der Waals surface area (Å²) in [5, 5.41) is 0. The maximum Gasteiger partial charge on any atom is 0.258 e. The SMILES string of the molecule is Cc1ccc2c(c1)C1CN(C)CCC1N2C(=O)c1ccc2c(c1)CCCCC2=O. The monoisotopic (exact) mass is 388 g/mol. The quantitative estimate of drug-likeness (QED) is 0.682. The van der Waals surface area contributed by atoms with Crippen LogP contribution < -0.4 is 4.90 Å². The van der Waals surface area contributed by atoms with Gasteiger partial charge in [0.15, 0.2) is 5.78 Å². The zero-order valence-electron chi connectivity index (χ0n) is 17.3. The van der Waals surface area contributed by atoms with Crippen molar-refractivity contribution >= 4 is 17.4 Å². The number of hydrogen-bond donors (Lipinski definition) is 0. The molecule has 2 aliphatic heterocycles. The second-order valence-corrected chi connectivity index (χ2v) is 8.96. The lowest BCUT2D eigenvalue weighted by Gasteiger charge is -2.36. The molecule has 150 valence electrons. The molecule has 3 aliphatic rings. The van der Waals surface area contributed by atoms with Gasteiger partial charge in [0.1, 0.15) is 0 Å². The fraction of sp³-hybridized carbons (Fsp3) is 0.440. The molecule has 2 unspecified atom stereocenters. The highest BCUT2D eigenvalue weighted by Gasteiger charge is 2.44. The lowest BCUT2D eigenvalue weighted by molar-refractivity contribution is 0.0959. The summed E-state index contributed by atoms with van der Waals surface area (Å²) in [6, 6.07) is 12.4. The predicted molar refractivity (Wildman–Crippen MR) is 115 cm³/mol. The van der Waals surface area contributed by atoms with Gasteiger partial charge < -0.3 is 9.80 Å². The van der Waals surface area contributed by atoms with Crippen molar-refractivity contribution in [3.63, 3.8) is 0 Å². The van der Waals surface area contributed by atoms with Gasteiger partial charge in [-0.2, -0.15) is 0 Å². The summed E-state index contributed by atoms with van der Waals surface area (Å²) in [5.41, 5.74) is 6.19. The van der Waals surface area contributed by atoms with Crippen LogP contribution in [0.1, 0.15) is 69.0 Å². The summed E-state index contributed by atoms with van der Waals surface area (Å²) in [5.74, 6) is 0.663. The Kier molecular flexibility index (Phi) is 4.54. The Labute approximate surface area is 172 Å². The molecule has 4 heteroatoms. The summed E-state index contributed by atoms with van der Waals surface area (Å²) < 4.78 is 0. The van der Waals surface area contributed by atoms with E-state index in [1.807, 2.05) is 23.1 Å². The summed E-state index contributed by atoms with van der Waals surface area (Å²) >= 11 is 0. The zero-order valence-corrected chi connectivity index (χ0v) is 17.3. The maximum atomic E-state index is 13.7. The average Bonchev–Trinajstić information content (AvgIpc) is 2.90. The molecule has 1 amide bonds. The lowest BCUT2D eigenvalue weighted by Crippen LogP contribution is -2.47. The molecule has 2 atom stereocenters. The van der Waals surface area contributed by atoms with Crippen LogP contribution in [0, 0.1) is 6.92 Å². The molecular weight excluding hydrogens is 360 g/mol. The van der Waals surface area contributed by atoms with Crippen LogP contribution in [-0.2, 0) is 6.42 Å². The number of piperidine rings is 1. The molecule has 0 radical (unpaired) electrons. The van der Waals surface area contributed by atoms with Crippen LogP contribution in [0.2, 0.25) is 0 Å². The molecule has 1 aliphatic carbocycles. The number of amides is 1. The van der Waals surface area contributed by atoms with E-state index in [0.29, 0.717) is 17.9 Å². The molecular formula is C25H28N2O2. The van der Waals surface area contributed by atoms with E-state index in [9.17, 15) is 9.59 Å². The second-order valence-electron chi connectivity index (χ2n) is 8.96. The number of likely N-dealkylation sites (tertiary alicyclic amines) is 1. The number of carbonyl (C=O) groups is 2. The van der Waals surface area contributed by atoms with Gasteiger partial charge in [0.2, 0.25) is 0 Å². The van der Waals surface area contributed by atoms with Gasteiger partial charge in [-0.3, -0.25) is 9.59 Å². The highest BCUT2D eigenvalue weighted by Crippen LogP contribution is 2.45. The van der Waals surface area contributed by atoms with Gasteiger partial charge in [0, 0.05) is 41.7 Å². The van der Waals surface area contributed by atoms with Crippen LogP contribution in [0.3, 0.4) is 0 Å². The minimum absolute atomic E-state index is 0.0756. The highest BCUT2D eigenvalue weighted by atomic mass is 16.2. The molecule has 0 spiro atoms. The van der Waals surface area contributed by atoms with E-state index in [2.05, 4.69) is 37.1 Å². The van der Waals surface area contributed by atoms with E-state index in [1.54, 1.807) is 0 Å². The van der Waals surface area contributed by atoms with Gasteiger partial charge in [0.25, 0.3) is 5.91 Å². The number of benzene rings is 2. The molecule has 29 heavy (non-hydrogen) atoms. The third-order valence-corrected chi connectivity index (χ3v) is 6.92. The Bertz CT molecular complexity index is 996. The Morgan fingerprint density at radius 3 is 2.76 bits per heavy atom. The van der Waals surface area contributed by atoms with Gasteiger partial charge in [-0.1, -0.05) is 23.8 Å². The van der Waals surface area contributed by atoms with Crippen molar-refractivity contribution in [2.45, 2.75) is 51.0 Å². The molecule has 1 saturated heterocycles. The van der Waals surface area contributed by atoms with Crippen molar-refractivity contribution in [1.82, 2.24) is 4.90 Å². The molecule has 2 aromatic carbocycles. The fourth-order valence-electron chi connectivity index (χ4n) is 5.43. The maximum absolute atomic E-state index is 13.7. The van der Waals surface area contributed by atoms with Gasteiger partial charge in [-0.05, 0) is 75.5 Å². The van der Waals surface area contributed by atoms with E-state index in [1.165, 1.54) is 11.1 Å². The predicted octanol–water partition coefficient (Wildman–Crippen LogP) is 4.35. The number of hydrogen-bond acceptors (Lipinski definition) is 3. The number of likely N-dealkylation sites (N-methyl/N-ethyl adjacent to an activating group) is 1.